The number of nitrogens with one attached hydrogen (secondary N) is 2. The molecule has 0 saturated heterocycles. The predicted molar refractivity (Wildman–Crippen MR) is 91.6 cm³/mol. The van der Waals surface area contributed by atoms with Gasteiger partial charge in [0.15, 0.2) is 5.69 Å². The average Bonchev–Trinajstić information content (AvgIpc) is 2.59. The zero-order chi connectivity index (χ0) is 17.4. The van der Waals surface area contributed by atoms with Gasteiger partial charge in [-0.05, 0) is 24.0 Å². The first kappa shape index (κ1) is 18.2. The lowest BCUT2D eigenvalue weighted by molar-refractivity contribution is -0.122. The number of pyridine rings is 1. The Bertz CT molecular complexity index is 556. The lowest BCUT2D eigenvalue weighted by Crippen LogP contribution is -2.36. The molecule has 0 unspecified atom stereocenters. The van der Waals surface area contributed by atoms with Crippen LogP contribution in [0.15, 0.2) is 18.3 Å². The molecule has 1 aromatic heterocycles. The number of aromatic hydroxyl groups is 1. The fourth-order valence-electron chi connectivity index (χ4n) is 3.27. The Kier molecular flexibility index (Phi) is 7.03. The first-order valence-electron chi connectivity index (χ1n) is 8.77. The molecule has 1 fully saturated rings. The van der Waals surface area contributed by atoms with E-state index in [4.69, 9.17) is 0 Å². The molecular formula is C18H27N3O3. The lowest BCUT2D eigenvalue weighted by atomic mass is 9.79. The van der Waals surface area contributed by atoms with E-state index in [1.807, 2.05) is 0 Å². The van der Waals surface area contributed by atoms with Crippen LogP contribution in [0.4, 0.5) is 0 Å². The lowest BCUT2D eigenvalue weighted by Gasteiger charge is -2.27. The molecule has 1 heterocycles. The first-order chi connectivity index (χ1) is 11.6. The minimum absolute atomic E-state index is 0.00486. The second kappa shape index (κ2) is 9.25. The summed E-state index contributed by atoms with van der Waals surface area (Å²) in [5, 5.41) is 15.0. The van der Waals surface area contributed by atoms with Gasteiger partial charge in [0.05, 0.1) is 0 Å². The van der Waals surface area contributed by atoms with E-state index in [9.17, 15) is 14.7 Å². The molecule has 132 valence electrons. The Labute approximate surface area is 143 Å². The molecule has 0 aromatic carbocycles. The molecule has 0 bridgehead atoms. The van der Waals surface area contributed by atoms with Crippen LogP contribution in [0.2, 0.25) is 0 Å². The third-order valence-electron chi connectivity index (χ3n) is 4.70. The summed E-state index contributed by atoms with van der Waals surface area (Å²) in [5.41, 5.74) is -0.00486. The molecule has 1 aliphatic carbocycles. The molecule has 0 spiro atoms. The molecule has 0 aliphatic heterocycles. The van der Waals surface area contributed by atoms with Crippen molar-refractivity contribution in [2.45, 2.75) is 45.4 Å². The van der Waals surface area contributed by atoms with Gasteiger partial charge in [-0.15, -0.1) is 0 Å². The Morgan fingerprint density at radius 3 is 2.67 bits per heavy atom. The van der Waals surface area contributed by atoms with Crippen LogP contribution >= 0.6 is 0 Å². The number of carbonyl (C=O) groups excluding carboxylic acids is 2. The van der Waals surface area contributed by atoms with Crippen LogP contribution in [0.1, 0.15) is 55.9 Å². The van der Waals surface area contributed by atoms with Gasteiger partial charge in [0, 0.05) is 25.7 Å². The Hall–Kier alpha value is -2.11. The predicted octanol–water partition coefficient (Wildman–Crippen LogP) is 2.24. The number of aromatic nitrogens is 1. The molecular weight excluding hydrogens is 306 g/mol. The van der Waals surface area contributed by atoms with Crippen LogP contribution in [0, 0.1) is 11.8 Å². The molecule has 2 amide bonds. The van der Waals surface area contributed by atoms with E-state index in [1.54, 1.807) is 6.07 Å². The maximum absolute atomic E-state index is 12.0. The summed E-state index contributed by atoms with van der Waals surface area (Å²) < 4.78 is 0. The van der Waals surface area contributed by atoms with E-state index >= 15 is 0 Å². The maximum atomic E-state index is 12.0. The van der Waals surface area contributed by atoms with Crippen molar-refractivity contribution in [1.29, 1.82) is 0 Å². The minimum Gasteiger partial charge on any atom is -0.505 e. The van der Waals surface area contributed by atoms with Gasteiger partial charge in [0.25, 0.3) is 5.91 Å². The van der Waals surface area contributed by atoms with Crippen LogP contribution in [0.3, 0.4) is 0 Å². The van der Waals surface area contributed by atoms with Crippen molar-refractivity contribution < 1.29 is 14.7 Å². The first-order valence-corrected chi connectivity index (χ1v) is 8.77. The third kappa shape index (κ3) is 5.51. The highest BCUT2D eigenvalue weighted by atomic mass is 16.3. The van der Waals surface area contributed by atoms with Crippen molar-refractivity contribution in [1.82, 2.24) is 15.6 Å². The molecule has 1 aliphatic rings. The van der Waals surface area contributed by atoms with Crippen molar-refractivity contribution in [2.75, 3.05) is 13.1 Å². The molecule has 1 aromatic rings. The fraction of sp³-hybridized carbons (Fsp3) is 0.611. The number of amides is 2. The molecule has 1 saturated carbocycles. The maximum Gasteiger partial charge on any atom is 0.273 e. The second-order valence-corrected chi connectivity index (χ2v) is 6.56. The fourth-order valence-corrected chi connectivity index (χ4v) is 3.27. The van der Waals surface area contributed by atoms with Gasteiger partial charge in [0.1, 0.15) is 5.75 Å². The van der Waals surface area contributed by atoms with E-state index in [2.05, 4.69) is 22.5 Å². The SMILES string of the molecule is C[C@H](CC(=O)NCCNC(=O)c1ncccc1O)C1CCCCC1. The van der Waals surface area contributed by atoms with Gasteiger partial charge < -0.3 is 15.7 Å². The molecule has 6 nitrogen and oxygen atoms in total. The Morgan fingerprint density at radius 1 is 1.25 bits per heavy atom. The quantitative estimate of drug-likeness (QED) is 0.667. The van der Waals surface area contributed by atoms with E-state index < -0.39 is 5.91 Å². The van der Waals surface area contributed by atoms with Gasteiger partial charge in [-0.2, -0.15) is 0 Å². The summed E-state index contributed by atoms with van der Waals surface area (Å²) in [4.78, 5) is 27.7. The minimum atomic E-state index is -0.446. The van der Waals surface area contributed by atoms with Crippen molar-refractivity contribution >= 4 is 11.8 Å². The zero-order valence-corrected chi connectivity index (χ0v) is 14.3. The van der Waals surface area contributed by atoms with Gasteiger partial charge in [-0.1, -0.05) is 39.0 Å². The summed E-state index contributed by atoms with van der Waals surface area (Å²) >= 11 is 0. The van der Waals surface area contributed by atoms with Crippen molar-refractivity contribution in [3.63, 3.8) is 0 Å². The molecule has 3 N–H and O–H groups in total. The highest BCUT2D eigenvalue weighted by Crippen LogP contribution is 2.31. The van der Waals surface area contributed by atoms with E-state index in [-0.39, 0.29) is 17.4 Å². The summed E-state index contributed by atoms with van der Waals surface area (Å²) in [6.07, 6.45) is 8.34. The van der Waals surface area contributed by atoms with E-state index in [0.29, 0.717) is 31.3 Å². The van der Waals surface area contributed by atoms with Crippen molar-refractivity contribution in [3.8, 4) is 5.75 Å². The van der Waals surface area contributed by atoms with Gasteiger partial charge >= 0.3 is 0 Å². The summed E-state index contributed by atoms with van der Waals surface area (Å²) in [7, 11) is 0. The van der Waals surface area contributed by atoms with Crippen LogP contribution < -0.4 is 10.6 Å². The second-order valence-electron chi connectivity index (χ2n) is 6.56. The van der Waals surface area contributed by atoms with E-state index in [0.717, 1.165) is 0 Å². The molecule has 6 heteroatoms. The summed E-state index contributed by atoms with van der Waals surface area (Å²) in [6.45, 7) is 2.83. The summed E-state index contributed by atoms with van der Waals surface area (Å²) in [5.74, 6) is 0.503. The Morgan fingerprint density at radius 2 is 1.96 bits per heavy atom. The van der Waals surface area contributed by atoms with E-state index in [1.165, 1.54) is 44.4 Å². The summed E-state index contributed by atoms with van der Waals surface area (Å²) in [6, 6.07) is 2.97. The van der Waals surface area contributed by atoms with Gasteiger partial charge in [-0.3, -0.25) is 9.59 Å². The Balaban J connectivity index is 1.64. The number of carbonyl (C=O) groups is 2. The number of hydrogen-bond donors (Lipinski definition) is 3. The average molecular weight is 333 g/mol. The highest BCUT2D eigenvalue weighted by Gasteiger charge is 2.22. The normalized spacial score (nSPS) is 16.4. The monoisotopic (exact) mass is 333 g/mol. The molecule has 24 heavy (non-hydrogen) atoms. The third-order valence-corrected chi connectivity index (χ3v) is 4.70. The van der Waals surface area contributed by atoms with Crippen molar-refractivity contribution in [3.05, 3.63) is 24.0 Å². The van der Waals surface area contributed by atoms with Gasteiger partial charge in [0.2, 0.25) is 5.91 Å². The van der Waals surface area contributed by atoms with Crippen LogP contribution in [0.25, 0.3) is 0 Å². The molecule has 2 rings (SSSR count). The standard InChI is InChI=1S/C18H27N3O3/c1-13(14-6-3-2-4-7-14)12-16(23)19-10-11-21-18(24)17-15(22)8-5-9-20-17/h5,8-9,13-14,22H,2-4,6-7,10-12H2,1H3,(H,19,23)(H,21,24)/t13-/m1/s1. The topological polar surface area (TPSA) is 91.3 Å². The van der Waals surface area contributed by atoms with Gasteiger partial charge in [-0.25, -0.2) is 4.98 Å². The van der Waals surface area contributed by atoms with Crippen LogP contribution in [-0.2, 0) is 4.79 Å². The largest absolute Gasteiger partial charge is 0.505 e. The molecule has 0 radical (unpaired) electrons. The number of hydrogen-bond acceptors (Lipinski definition) is 4. The zero-order valence-electron chi connectivity index (χ0n) is 14.3. The van der Waals surface area contributed by atoms with Crippen molar-refractivity contribution in [2.24, 2.45) is 11.8 Å². The van der Waals surface area contributed by atoms with Crippen LogP contribution in [-0.4, -0.2) is 35.0 Å². The smallest absolute Gasteiger partial charge is 0.273 e. The number of rotatable bonds is 7. The number of nitrogens with zero attached hydrogens (tertiary/aromatic N) is 1. The van der Waals surface area contributed by atoms with Crippen LogP contribution in [0.5, 0.6) is 5.75 Å². The highest BCUT2D eigenvalue weighted by molar-refractivity contribution is 5.94. The molecule has 1 atom stereocenters.